The van der Waals surface area contributed by atoms with Gasteiger partial charge in [-0.3, -0.25) is 4.90 Å². The predicted octanol–water partition coefficient (Wildman–Crippen LogP) is 2.16. The van der Waals surface area contributed by atoms with Gasteiger partial charge in [0, 0.05) is 28.2 Å². The van der Waals surface area contributed by atoms with Gasteiger partial charge in [-0.2, -0.15) is 0 Å². The van der Waals surface area contributed by atoms with Gasteiger partial charge in [0.2, 0.25) is 0 Å². The van der Waals surface area contributed by atoms with Gasteiger partial charge < -0.3 is 14.9 Å². The number of hydrogen-bond acceptors (Lipinski definition) is 4. The van der Waals surface area contributed by atoms with Crippen LogP contribution in [0.2, 0.25) is 0 Å². The van der Waals surface area contributed by atoms with E-state index in [9.17, 15) is 10.2 Å². The molecule has 4 heterocycles. The van der Waals surface area contributed by atoms with Crippen LogP contribution in [-0.4, -0.2) is 52.2 Å². The molecule has 2 spiro atoms. The van der Waals surface area contributed by atoms with Crippen molar-refractivity contribution in [1.29, 1.82) is 0 Å². The number of nitrogens with zero attached hydrogens (tertiary/aromatic N) is 1. The Labute approximate surface area is 155 Å². The van der Waals surface area contributed by atoms with E-state index in [2.05, 4.69) is 25.3 Å². The van der Waals surface area contributed by atoms with E-state index in [0.717, 1.165) is 25.0 Å². The molecule has 4 aliphatic heterocycles. The third-order valence-corrected chi connectivity index (χ3v) is 11.0. The number of rotatable bonds is 1. The average Bonchev–Trinajstić information content (AvgIpc) is 3.17. The lowest BCUT2D eigenvalue weighted by atomic mass is 9.41. The highest BCUT2D eigenvalue weighted by molar-refractivity contribution is 5.40. The molecule has 5 saturated carbocycles. The molecular weight excluding hydrogens is 326 g/mol. The van der Waals surface area contributed by atoms with Crippen LogP contribution in [0.25, 0.3) is 0 Å². The molecule has 4 saturated heterocycles. The lowest BCUT2D eigenvalue weighted by Crippen LogP contribution is -2.78. The number of ether oxygens (including phenoxy) is 1. The summed E-state index contributed by atoms with van der Waals surface area (Å²) in [7, 11) is 0. The van der Waals surface area contributed by atoms with Crippen LogP contribution in [0.4, 0.5) is 0 Å². The molecule has 26 heavy (non-hydrogen) atoms. The fourth-order valence-corrected chi connectivity index (χ4v) is 10.5. The van der Waals surface area contributed by atoms with E-state index < -0.39 is 6.10 Å². The number of aliphatic hydroxyl groups is 2. The largest absolute Gasteiger partial charge is 0.392 e. The van der Waals surface area contributed by atoms with Gasteiger partial charge in [0.25, 0.3) is 0 Å². The van der Waals surface area contributed by atoms with Gasteiger partial charge in [-0.1, -0.05) is 20.4 Å². The molecule has 9 aliphatic rings. The molecule has 0 aromatic heterocycles. The van der Waals surface area contributed by atoms with E-state index in [1.54, 1.807) is 0 Å². The molecule has 0 radical (unpaired) electrons. The van der Waals surface area contributed by atoms with Crippen molar-refractivity contribution in [2.24, 2.45) is 39.9 Å². The van der Waals surface area contributed by atoms with Gasteiger partial charge in [0.15, 0.2) is 0 Å². The first-order chi connectivity index (χ1) is 12.4. The Morgan fingerprint density at radius 3 is 2.85 bits per heavy atom. The van der Waals surface area contributed by atoms with Crippen molar-refractivity contribution < 1.29 is 14.9 Å². The molecule has 9 bridgehead atoms. The molecule has 1 unspecified atom stereocenters. The second-order valence-electron chi connectivity index (χ2n) is 10.9. The molecule has 0 aromatic carbocycles. The van der Waals surface area contributed by atoms with Crippen molar-refractivity contribution >= 4 is 0 Å². The van der Waals surface area contributed by atoms with Crippen LogP contribution in [0, 0.1) is 39.9 Å². The average molecular weight is 357 g/mol. The molecule has 0 aromatic rings. The van der Waals surface area contributed by atoms with Crippen molar-refractivity contribution in [1.82, 2.24) is 4.90 Å². The summed E-state index contributed by atoms with van der Waals surface area (Å²) in [5.74, 6) is 1.77. The summed E-state index contributed by atoms with van der Waals surface area (Å²) < 4.78 is 6.78. The van der Waals surface area contributed by atoms with E-state index in [-0.39, 0.29) is 34.5 Å². The number of aliphatic hydroxyl groups excluding tert-OH is 2. The molecule has 5 aliphatic carbocycles. The minimum atomic E-state index is -0.426. The van der Waals surface area contributed by atoms with Gasteiger partial charge in [-0.05, 0) is 62.0 Å². The first kappa shape index (κ1) is 15.5. The Morgan fingerprint density at radius 2 is 2.08 bits per heavy atom. The standard InChI is InChI=1S/C22H31NO3/c1-4-23-17-12-7-14-20(3)6-5-16(26-19(20)23)22(14,17)15-8-13(24)11-9-21(12,15)18(25)10(11)2/h11-19,24-25H,2,4-9H2,1,3H3/t11-,12+,13-,14-,15-,16+,17-,18-,19-,20-,21?,22+/m1/s1. The first-order valence-corrected chi connectivity index (χ1v) is 10.9. The molecule has 4 nitrogen and oxygen atoms in total. The Hall–Kier alpha value is -0.420. The first-order valence-electron chi connectivity index (χ1n) is 10.9. The summed E-state index contributed by atoms with van der Waals surface area (Å²) in [4.78, 5) is 2.69. The third kappa shape index (κ3) is 1.14. The Morgan fingerprint density at radius 1 is 1.27 bits per heavy atom. The second-order valence-corrected chi connectivity index (χ2v) is 10.9. The lowest BCUT2D eigenvalue weighted by Gasteiger charge is -2.73. The summed E-state index contributed by atoms with van der Waals surface area (Å²) in [6, 6.07) is 0.547. The normalized spacial score (nSPS) is 69.5. The van der Waals surface area contributed by atoms with Crippen LogP contribution in [0.15, 0.2) is 12.2 Å². The summed E-state index contributed by atoms with van der Waals surface area (Å²) in [6.45, 7) is 10.1. The van der Waals surface area contributed by atoms with Gasteiger partial charge >= 0.3 is 0 Å². The Kier molecular flexibility index (Phi) is 2.46. The van der Waals surface area contributed by atoms with Crippen LogP contribution in [0.5, 0.6) is 0 Å². The van der Waals surface area contributed by atoms with E-state index in [0.29, 0.717) is 29.9 Å². The van der Waals surface area contributed by atoms with Crippen LogP contribution >= 0.6 is 0 Å². The highest BCUT2D eigenvalue weighted by atomic mass is 16.5. The molecule has 9 fully saturated rings. The highest BCUT2D eigenvalue weighted by Crippen LogP contribution is 2.86. The van der Waals surface area contributed by atoms with Crippen LogP contribution in [0.1, 0.15) is 46.0 Å². The fourth-order valence-electron chi connectivity index (χ4n) is 10.5. The van der Waals surface area contributed by atoms with Crippen LogP contribution < -0.4 is 0 Å². The maximum Gasteiger partial charge on any atom is 0.116 e. The minimum Gasteiger partial charge on any atom is -0.392 e. The lowest BCUT2D eigenvalue weighted by molar-refractivity contribution is -0.372. The number of piperidine rings is 1. The van der Waals surface area contributed by atoms with E-state index >= 15 is 0 Å². The topological polar surface area (TPSA) is 52.9 Å². The zero-order valence-electron chi connectivity index (χ0n) is 15.9. The number of fused-ring (bicyclic) bond motifs is 2. The van der Waals surface area contributed by atoms with E-state index in [1.165, 1.54) is 19.3 Å². The fraction of sp³-hybridized carbons (Fsp3) is 0.909. The van der Waals surface area contributed by atoms with Gasteiger partial charge in [0.05, 0.1) is 18.3 Å². The SMILES string of the molecule is C=C1[C@H]2CC3([C@@H]1O)[C@@H](C[C@H]2O)[C@]12[C@@H]4CC[C@]5(C)[C@H]1C[C@H]3[C@H]2N(CC)[C@@H]5O4. The molecule has 2 N–H and O–H groups in total. The van der Waals surface area contributed by atoms with E-state index in [1.807, 2.05) is 0 Å². The molecule has 9 rings (SSSR count). The molecule has 0 amide bonds. The van der Waals surface area contributed by atoms with Crippen molar-refractivity contribution in [2.45, 2.75) is 76.5 Å². The second kappa shape index (κ2) is 4.12. The smallest absolute Gasteiger partial charge is 0.116 e. The maximum absolute atomic E-state index is 11.4. The van der Waals surface area contributed by atoms with Crippen LogP contribution in [0.3, 0.4) is 0 Å². The Bertz CT molecular complexity index is 739. The molecule has 4 heteroatoms. The molecule has 142 valence electrons. The minimum absolute atomic E-state index is 0.0470. The molecular formula is C22H31NO3. The van der Waals surface area contributed by atoms with Crippen molar-refractivity contribution in [3.8, 4) is 0 Å². The Balaban J connectivity index is 1.51. The van der Waals surface area contributed by atoms with Crippen molar-refractivity contribution in [3.63, 3.8) is 0 Å². The van der Waals surface area contributed by atoms with Gasteiger partial charge in [0.1, 0.15) is 6.23 Å². The summed E-state index contributed by atoms with van der Waals surface area (Å²) in [5.41, 5.74) is 1.28. The maximum atomic E-state index is 11.4. The highest BCUT2D eigenvalue weighted by Gasteiger charge is 2.88. The molecule has 12 atom stereocenters. The van der Waals surface area contributed by atoms with E-state index in [4.69, 9.17) is 4.74 Å². The summed E-state index contributed by atoms with van der Waals surface area (Å²) in [6.07, 6.45) is 5.38. The van der Waals surface area contributed by atoms with Gasteiger partial charge in [-0.25, -0.2) is 0 Å². The van der Waals surface area contributed by atoms with Crippen molar-refractivity contribution in [2.75, 3.05) is 6.54 Å². The zero-order valence-corrected chi connectivity index (χ0v) is 15.9. The van der Waals surface area contributed by atoms with Crippen LogP contribution in [-0.2, 0) is 4.74 Å². The van der Waals surface area contributed by atoms with Crippen molar-refractivity contribution in [3.05, 3.63) is 12.2 Å². The third-order valence-electron chi connectivity index (χ3n) is 11.0. The predicted molar refractivity (Wildman–Crippen MR) is 96.0 cm³/mol. The summed E-state index contributed by atoms with van der Waals surface area (Å²) >= 11 is 0. The monoisotopic (exact) mass is 357 g/mol. The zero-order chi connectivity index (χ0) is 17.8. The summed E-state index contributed by atoms with van der Waals surface area (Å²) in [5, 5.41) is 22.4. The van der Waals surface area contributed by atoms with Gasteiger partial charge in [-0.15, -0.1) is 0 Å². The quantitative estimate of drug-likeness (QED) is 0.706. The number of hydrogen-bond donors (Lipinski definition) is 2.